The van der Waals surface area contributed by atoms with Crippen molar-refractivity contribution in [2.75, 3.05) is 0 Å². The Morgan fingerprint density at radius 3 is 2.17 bits per heavy atom. The third kappa shape index (κ3) is 6.06. The van der Waals surface area contributed by atoms with Gasteiger partial charge in [0.1, 0.15) is 0 Å². The van der Waals surface area contributed by atoms with Crippen molar-refractivity contribution in [3.8, 4) is 0 Å². The lowest BCUT2D eigenvalue weighted by Crippen LogP contribution is -2.52. The van der Waals surface area contributed by atoms with Crippen LogP contribution in [0.15, 0.2) is 48.8 Å². The van der Waals surface area contributed by atoms with Crippen molar-refractivity contribution in [3.63, 3.8) is 0 Å². The highest BCUT2D eigenvalue weighted by molar-refractivity contribution is 5.96. The number of fused-ring (bicyclic) bond motifs is 2. The minimum atomic E-state index is -0.450. The van der Waals surface area contributed by atoms with E-state index in [1.807, 2.05) is 6.92 Å². The molecule has 0 radical (unpaired) electrons. The Morgan fingerprint density at radius 2 is 1.65 bits per heavy atom. The van der Waals surface area contributed by atoms with E-state index in [2.05, 4.69) is 88.0 Å². The average molecular weight is 548 g/mol. The van der Waals surface area contributed by atoms with Crippen molar-refractivity contribution in [2.24, 2.45) is 35.0 Å². The molecule has 218 valence electrons. The third-order valence-electron chi connectivity index (χ3n) is 9.62. The molecule has 4 rings (SSSR count). The molecule has 0 heterocycles. The van der Waals surface area contributed by atoms with Gasteiger partial charge in [-0.3, -0.25) is 14.4 Å². The van der Waals surface area contributed by atoms with E-state index in [9.17, 15) is 14.4 Å². The fraction of sp³-hybridized carbons (Fsp3) is 0.618. The summed E-state index contributed by atoms with van der Waals surface area (Å²) in [4.78, 5) is 40.6. The van der Waals surface area contributed by atoms with Crippen LogP contribution in [-0.2, 0) is 27.2 Å². The van der Waals surface area contributed by atoms with Crippen LogP contribution in [0.1, 0.15) is 78.9 Å². The number of carbonyl (C=O) groups is 3. The molecule has 2 saturated carbocycles. The molecule has 1 aromatic rings. The van der Waals surface area contributed by atoms with Gasteiger partial charge in [0.15, 0.2) is 11.6 Å². The van der Waals surface area contributed by atoms with Crippen LogP contribution in [0.2, 0.25) is 0 Å². The zero-order chi connectivity index (χ0) is 29.6. The van der Waals surface area contributed by atoms with E-state index >= 15 is 0 Å². The number of rotatable bonds is 12. The second-order valence-corrected chi connectivity index (χ2v) is 14.1. The Kier molecular flexibility index (Phi) is 8.40. The van der Waals surface area contributed by atoms with Crippen LogP contribution in [0.5, 0.6) is 0 Å². The molecular formula is C34H49N3O3. The molecule has 1 amide bonds. The Morgan fingerprint density at radius 1 is 1.05 bits per heavy atom. The first kappa shape index (κ1) is 30.1. The van der Waals surface area contributed by atoms with Crippen molar-refractivity contribution in [1.82, 2.24) is 16.0 Å². The van der Waals surface area contributed by atoms with Gasteiger partial charge in [0.25, 0.3) is 0 Å². The lowest BCUT2D eigenvalue weighted by molar-refractivity contribution is -0.136. The van der Waals surface area contributed by atoms with Gasteiger partial charge >= 0.3 is 0 Å². The van der Waals surface area contributed by atoms with Crippen LogP contribution in [0, 0.1) is 35.0 Å². The smallest absolute Gasteiger partial charge is 0.224 e. The number of ketones is 2. The molecule has 3 aliphatic carbocycles. The highest BCUT2D eigenvalue weighted by Gasteiger charge is 2.70. The minimum absolute atomic E-state index is 0.0283. The SMILES string of the molecule is C=C(NC(C(=O)C1CC2C(C1C(=O)NC(CCC)C(=C)C(C)=O)C2(C)C)C1Cc2ccccc2C1)NC(C)(C)C. The largest absolute Gasteiger partial charge is 0.368 e. The van der Waals surface area contributed by atoms with E-state index < -0.39 is 18.0 Å². The number of nitrogens with one attached hydrogen (secondary N) is 3. The zero-order valence-corrected chi connectivity index (χ0v) is 25.5. The van der Waals surface area contributed by atoms with Gasteiger partial charge in [0.2, 0.25) is 5.91 Å². The van der Waals surface area contributed by atoms with E-state index in [0.717, 1.165) is 25.7 Å². The molecule has 0 aromatic heterocycles. The van der Waals surface area contributed by atoms with Gasteiger partial charge in [0.05, 0.1) is 23.8 Å². The number of carbonyl (C=O) groups excluding carboxylic acids is 3. The quantitative estimate of drug-likeness (QED) is 0.316. The summed E-state index contributed by atoms with van der Waals surface area (Å²) in [5.74, 6) is 0.310. The van der Waals surface area contributed by atoms with Gasteiger partial charge in [-0.05, 0) is 87.7 Å². The van der Waals surface area contributed by atoms with Crippen LogP contribution < -0.4 is 16.0 Å². The van der Waals surface area contributed by atoms with E-state index in [4.69, 9.17) is 0 Å². The molecule has 1 aromatic carbocycles. The van der Waals surface area contributed by atoms with E-state index in [1.165, 1.54) is 18.1 Å². The van der Waals surface area contributed by atoms with Gasteiger partial charge in [0, 0.05) is 17.0 Å². The Balaban J connectivity index is 1.60. The first-order chi connectivity index (χ1) is 18.7. The standard InChI is InChI=1S/C34H49N3O3/c1-10-13-27(19(2)20(3)38)36-32(40)28-25(18-26-29(28)34(26,8)9)31(39)30(35-21(4)37-33(5,6)7)24-16-22-14-11-12-15-23(22)17-24/h11-12,14-15,24-30,35,37H,2,4,10,13,16-18H2,1,3,5-9H3,(H,36,40). The molecule has 3 aliphatic rings. The van der Waals surface area contributed by atoms with Crippen LogP contribution in [0.3, 0.4) is 0 Å². The maximum absolute atomic E-state index is 14.5. The number of benzene rings is 1. The summed E-state index contributed by atoms with van der Waals surface area (Å²) in [5, 5.41) is 10.0. The minimum Gasteiger partial charge on any atom is -0.368 e. The molecule has 0 spiro atoms. The molecular weight excluding hydrogens is 498 g/mol. The van der Waals surface area contributed by atoms with Gasteiger partial charge in [-0.15, -0.1) is 0 Å². The Hall–Kier alpha value is -2.89. The van der Waals surface area contributed by atoms with E-state index in [1.54, 1.807) is 0 Å². The molecule has 6 nitrogen and oxygen atoms in total. The first-order valence-electron chi connectivity index (χ1n) is 15.0. The summed E-state index contributed by atoms with van der Waals surface area (Å²) in [5.41, 5.74) is 2.83. The first-order valence-corrected chi connectivity index (χ1v) is 15.0. The van der Waals surface area contributed by atoms with Crippen LogP contribution in [0.25, 0.3) is 0 Å². The number of hydrogen-bond donors (Lipinski definition) is 3. The van der Waals surface area contributed by atoms with Crippen LogP contribution >= 0.6 is 0 Å². The van der Waals surface area contributed by atoms with Gasteiger partial charge in [-0.25, -0.2) is 0 Å². The average Bonchev–Trinajstić information content (AvgIpc) is 3.24. The highest BCUT2D eigenvalue weighted by Crippen LogP contribution is 2.71. The number of Topliss-reactive ketones (excluding diaryl/α,β-unsaturated/α-hetero) is 2. The summed E-state index contributed by atoms with van der Waals surface area (Å²) in [6, 6.07) is 7.56. The normalized spacial score (nSPS) is 26.2. The van der Waals surface area contributed by atoms with Gasteiger partial charge < -0.3 is 16.0 Å². The third-order valence-corrected chi connectivity index (χ3v) is 9.62. The van der Waals surface area contributed by atoms with E-state index in [0.29, 0.717) is 23.7 Å². The number of hydrogen-bond acceptors (Lipinski definition) is 5. The molecule has 0 aliphatic heterocycles. The topological polar surface area (TPSA) is 87.3 Å². The summed E-state index contributed by atoms with van der Waals surface area (Å²) < 4.78 is 0. The summed E-state index contributed by atoms with van der Waals surface area (Å²) >= 11 is 0. The Bertz CT molecular complexity index is 1170. The molecule has 2 fully saturated rings. The van der Waals surface area contributed by atoms with Crippen molar-refractivity contribution in [3.05, 3.63) is 59.9 Å². The molecule has 6 atom stereocenters. The van der Waals surface area contributed by atoms with Crippen LogP contribution in [0.4, 0.5) is 0 Å². The molecule has 3 N–H and O–H groups in total. The molecule has 0 saturated heterocycles. The highest BCUT2D eigenvalue weighted by atomic mass is 16.2. The maximum Gasteiger partial charge on any atom is 0.224 e. The van der Waals surface area contributed by atoms with Crippen molar-refractivity contribution < 1.29 is 14.4 Å². The van der Waals surface area contributed by atoms with Crippen molar-refractivity contribution in [2.45, 2.75) is 98.2 Å². The lowest BCUT2D eigenvalue weighted by Gasteiger charge is -2.34. The second-order valence-electron chi connectivity index (χ2n) is 14.1. The molecule has 6 heteroatoms. The van der Waals surface area contributed by atoms with E-state index in [-0.39, 0.29) is 46.2 Å². The monoisotopic (exact) mass is 547 g/mol. The summed E-state index contributed by atoms with van der Waals surface area (Å²) in [6.45, 7) is 22.3. The lowest BCUT2D eigenvalue weighted by atomic mass is 9.76. The molecule has 6 unspecified atom stereocenters. The van der Waals surface area contributed by atoms with Gasteiger partial charge in [-0.2, -0.15) is 0 Å². The zero-order valence-electron chi connectivity index (χ0n) is 25.5. The summed E-state index contributed by atoms with van der Waals surface area (Å²) in [7, 11) is 0. The summed E-state index contributed by atoms with van der Waals surface area (Å²) in [6.07, 6.45) is 3.83. The fourth-order valence-corrected chi connectivity index (χ4v) is 7.55. The second kappa shape index (κ2) is 11.2. The van der Waals surface area contributed by atoms with Crippen molar-refractivity contribution in [1.29, 1.82) is 0 Å². The molecule has 40 heavy (non-hydrogen) atoms. The predicted octanol–water partition coefficient (Wildman–Crippen LogP) is 5.13. The van der Waals surface area contributed by atoms with Crippen LogP contribution in [-0.4, -0.2) is 35.1 Å². The number of amides is 1. The Labute approximate surface area is 240 Å². The fourth-order valence-electron chi connectivity index (χ4n) is 7.55. The van der Waals surface area contributed by atoms with Gasteiger partial charge in [-0.1, -0.05) is 64.6 Å². The molecule has 0 bridgehead atoms. The van der Waals surface area contributed by atoms with Crippen molar-refractivity contribution >= 4 is 17.5 Å². The predicted molar refractivity (Wildman–Crippen MR) is 160 cm³/mol. The maximum atomic E-state index is 14.5.